The highest BCUT2D eigenvalue weighted by atomic mass is 16.5. The summed E-state index contributed by atoms with van der Waals surface area (Å²) in [6.07, 6.45) is 3.17. The summed E-state index contributed by atoms with van der Waals surface area (Å²) in [5, 5.41) is 3.50. The molecule has 1 heterocycles. The number of nitrogens with one attached hydrogen (secondary N) is 1. The van der Waals surface area contributed by atoms with Gasteiger partial charge in [-0.25, -0.2) is 0 Å². The molecule has 0 bridgehead atoms. The van der Waals surface area contributed by atoms with E-state index in [2.05, 4.69) is 36.5 Å². The van der Waals surface area contributed by atoms with Gasteiger partial charge in [0.15, 0.2) is 0 Å². The van der Waals surface area contributed by atoms with Gasteiger partial charge in [-0.05, 0) is 37.8 Å². The average Bonchev–Trinajstić information content (AvgIpc) is 2.83. The van der Waals surface area contributed by atoms with Crippen LogP contribution in [-0.2, 0) is 22.6 Å². The Balaban J connectivity index is 1.78. The first-order chi connectivity index (χ1) is 9.29. The SMILES string of the molecule is CCOCc1ccccc1CNCC1CCC(C)O1. The number of ether oxygens (including phenoxy) is 2. The van der Waals surface area contributed by atoms with E-state index in [1.54, 1.807) is 0 Å². The highest BCUT2D eigenvalue weighted by Gasteiger charge is 2.20. The lowest BCUT2D eigenvalue weighted by Crippen LogP contribution is -2.26. The summed E-state index contributed by atoms with van der Waals surface area (Å²) >= 11 is 0. The highest BCUT2D eigenvalue weighted by molar-refractivity contribution is 5.26. The third-order valence-corrected chi connectivity index (χ3v) is 3.59. The van der Waals surface area contributed by atoms with Crippen molar-refractivity contribution in [3.8, 4) is 0 Å². The van der Waals surface area contributed by atoms with Crippen LogP contribution < -0.4 is 5.32 Å². The number of rotatable bonds is 7. The van der Waals surface area contributed by atoms with E-state index in [1.807, 2.05) is 6.92 Å². The third kappa shape index (κ3) is 4.60. The maximum absolute atomic E-state index is 5.81. The van der Waals surface area contributed by atoms with Crippen molar-refractivity contribution in [1.29, 1.82) is 0 Å². The normalized spacial score (nSPS) is 22.8. The van der Waals surface area contributed by atoms with Crippen molar-refractivity contribution in [2.75, 3.05) is 13.2 Å². The largest absolute Gasteiger partial charge is 0.377 e. The molecule has 19 heavy (non-hydrogen) atoms. The molecule has 0 aliphatic carbocycles. The van der Waals surface area contributed by atoms with Crippen molar-refractivity contribution in [3.05, 3.63) is 35.4 Å². The van der Waals surface area contributed by atoms with Crippen LogP contribution in [-0.4, -0.2) is 25.4 Å². The van der Waals surface area contributed by atoms with Crippen LogP contribution in [0, 0.1) is 0 Å². The Labute approximate surface area is 116 Å². The fraction of sp³-hybridized carbons (Fsp3) is 0.625. The Kier molecular flexibility index (Phi) is 5.83. The summed E-state index contributed by atoms with van der Waals surface area (Å²) in [5.41, 5.74) is 2.60. The number of hydrogen-bond donors (Lipinski definition) is 1. The van der Waals surface area contributed by atoms with Gasteiger partial charge in [-0.15, -0.1) is 0 Å². The van der Waals surface area contributed by atoms with E-state index in [9.17, 15) is 0 Å². The van der Waals surface area contributed by atoms with Gasteiger partial charge in [-0.2, -0.15) is 0 Å². The van der Waals surface area contributed by atoms with Gasteiger partial charge < -0.3 is 14.8 Å². The molecule has 1 aromatic rings. The highest BCUT2D eigenvalue weighted by Crippen LogP contribution is 2.18. The van der Waals surface area contributed by atoms with Crippen LogP contribution in [0.25, 0.3) is 0 Å². The Morgan fingerprint density at radius 1 is 1.26 bits per heavy atom. The average molecular weight is 263 g/mol. The van der Waals surface area contributed by atoms with Crippen LogP contribution >= 0.6 is 0 Å². The van der Waals surface area contributed by atoms with E-state index in [4.69, 9.17) is 9.47 Å². The van der Waals surface area contributed by atoms with E-state index in [0.717, 1.165) is 19.7 Å². The van der Waals surface area contributed by atoms with Crippen molar-refractivity contribution in [1.82, 2.24) is 5.32 Å². The van der Waals surface area contributed by atoms with Crippen LogP contribution in [0.2, 0.25) is 0 Å². The van der Waals surface area contributed by atoms with Crippen molar-refractivity contribution >= 4 is 0 Å². The van der Waals surface area contributed by atoms with Crippen LogP contribution in [0.3, 0.4) is 0 Å². The zero-order valence-corrected chi connectivity index (χ0v) is 12.0. The third-order valence-electron chi connectivity index (χ3n) is 3.59. The molecule has 2 atom stereocenters. The summed E-state index contributed by atoms with van der Waals surface area (Å²) in [4.78, 5) is 0. The molecule has 0 saturated carbocycles. The topological polar surface area (TPSA) is 30.5 Å². The molecule has 106 valence electrons. The van der Waals surface area contributed by atoms with Crippen molar-refractivity contribution < 1.29 is 9.47 Å². The van der Waals surface area contributed by atoms with Gasteiger partial charge in [0.25, 0.3) is 0 Å². The molecule has 1 saturated heterocycles. The standard InChI is InChI=1S/C16H25NO2/c1-3-18-12-15-7-5-4-6-14(15)10-17-11-16-9-8-13(2)19-16/h4-7,13,16-17H,3,8-12H2,1-2H3. The summed E-state index contributed by atoms with van der Waals surface area (Å²) in [7, 11) is 0. The Morgan fingerprint density at radius 2 is 2.05 bits per heavy atom. The minimum Gasteiger partial charge on any atom is -0.377 e. The smallest absolute Gasteiger partial charge is 0.0719 e. The first kappa shape index (κ1) is 14.5. The van der Waals surface area contributed by atoms with E-state index in [1.165, 1.54) is 24.0 Å². The molecule has 1 aromatic carbocycles. The van der Waals surface area contributed by atoms with Crippen LogP contribution in [0.5, 0.6) is 0 Å². The molecular formula is C16H25NO2. The molecule has 1 fully saturated rings. The van der Waals surface area contributed by atoms with Gasteiger partial charge >= 0.3 is 0 Å². The van der Waals surface area contributed by atoms with Gasteiger partial charge in [-0.3, -0.25) is 0 Å². The van der Waals surface area contributed by atoms with E-state index in [0.29, 0.717) is 18.8 Å². The summed E-state index contributed by atoms with van der Waals surface area (Å²) < 4.78 is 11.3. The van der Waals surface area contributed by atoms with Crippen LogP contribution in [0.1, 0.15) is 37.8 Å². The van der Waals surface area contributed by atoms with E-state index < -0.39 is 0 Å². The first-order valence-electron chi connectivity index (χ1n) is 7.30. The zero-order chi connectivity index (χ0) is 13.5. The maximum atomic E-state index is 5.81. The number of benzene rings is 1. The quantitative estimate of drug-likeness (QED) is 0.820. The molecule has 1 aliphatic rings. The molecule has 2 rings (SSSR count). The monoisotopic (exact) mass is 263 g/mol. The van der Waals surface area contributed by atoms with Gasteiger partial charge in [0.2, 0.25) is 0 Å². The van der Waals surface area contributed by atoms with Crippen LogP contribution in [0.15, 0.2) is 24.3 Å². The lowest BCUT2D eigenvalue weighted by molar-refractivity contribution is 0.0558. The molecule has 0 radical (unpaired) electrons. The lowest BCUT2D eigenvalue weighted by atomic mass is 10.1. The van der Waals surface area contributed by atoms with Crippen molar-refractivity contribution in [2.24, 2.45) is 0 Å². The summed E-state index contributed by atoms with van der Waals surface area (Å²) in [5.74, 6) is 0. The minimum absolute atomic E-state index is 0.383. The predicted molar refractivity (Wildman–Crippen MR) is 77.0 cm³/mol. The second-order valence-electron chi connectivity index (χ2n) is 5.18. The molecular weight excluding hydrogens is 238 g/mol. The van der Waals surface area contributed by atoms with Crippen LogP contribution in [0.4, 0.5) is 0 Å². The molecule has 0 amide bonds. The molecule has 2 unspecified atom stereocenters. The number of hydrogen-bond acceptors (Lipinski definition) is 3. The van der Waals surface area contributed by atoms with Crippen molar-refractivity contribution in [2.45, 2.75) is 52.0 Å². The van der Waals surface area contributed by atoms with Gasteiger partial charge in [0.1, 0.15) is 0 Å². The van der Waals surface area contributed by atoms with Gasteiger partial charge in [0, 0.05) is 19.7 Å². The van der Waals surface area contributed by atoms with Crippen molar-refractivity contribution in [3.63, 3.8) is 0 Å². The molecule has 1 N–H and O–H groups in total. The van der Waals surface area contributed by atoms with Gasteiger partial charge in [0.05, 0.1) is 18.8 Å². The Bertz CT molecular complexity index is 381. The fourth-order valence-electron chi connectivity index (χ4n) is 2.49. The van der Waals surface area contributed by atoms with Gasteiger partial charge in [-0.1, -0.05) is 24.3 Å². The Hall–Kier alpha value is -0.900. The summed E-state index contributed by atoms with van der Waals surface area (Å²) in [6.45, 7) is 7.46. The summed E-state index contributed by atoms with van der Waals surface area (Å²) in [6, 6.07) is 8.46. The molecule has 3 nitrogen and oxygen atoms in total. The molecule has 0 spiro atoms. The second-order valence-corrected chi connectivity index (χ2v) is 5.18. The minimum atomic E-state index is 0.383. The predicted octanol–water partition coefficient (Wildman–Crippen LogP) is 2.88. The van der Waals surface area contributed by atoms with E-state index >= 15 is 0 Å². The molecule has 1 aliphatic heterocycles. The van der Waals surface area contributed by atoms with E-state index in [-0.39, 0.29) is 0 Å². The zero-order valence-electron chi connectivity index (χ0n) is 12.0. The molecule has 3 heteroatoms. The molecule has 0 aromatic heterocycles. The second kappa shape index (κ2) is 7.63. The fourth-order valence-corrected chi connectivity index (χ4v) is 2.49. The Morgan fingerprint density at radius 3 is 2.74 bits per heavy atom. The first-order valence-corrected chi connectivity index (χ1v) is 7.30. The maximum Gasteiger partial charge on any atom is 0.0719 e. The lowest BCUT2D eigenvalue weighted by Gasteiger charge is -2.14.